The van der Waals surface area contributed by atoms with Crippen LogP contribution < -0.4 is 179 Å². The molecule has 0 bridgehead atoms. The molecule has 0 saturated carbocycles. The van der Waals surface area contributed by atoms with Gasteiger partial charge in [0, 0.05) is 113 Å². The van der Waals surface area contributed by atoms with E-state index in [1.165, 1.54) is 42.5 Å². The molecule has 3 aromatic carbocycles. The van der Waals surface area contributed by atoms with Crippen LogP contribution in [0.1, 0.15) is 181 Å². The maximum absolute atomic E-state index is 15.2. The number of fused-ring (bicyclic) bond motifs is 2. The summed E-state index contributed by atoms with van der Waals surface area (Å²) >= 11 is 0. The predicted molar refractivity (Wildman–Crippen MR) is 536 cm³/mol. The fourth-order valence-electron chi connectivity index (χ4n) is 14.9. The lowest BCUT2D eigenvalue weighted by molar-refractivity contribution is -0.136. The van der Waals surface area contributed by atoms with Crippen molar-refractivity contribution in [2.24, 2.45) is 63.1 Å². The van der Waals surface area contributed by atoms with Crippen LogP contribution >= 0.6 is 0 Å². The predicted octanol–water partition coefficient (Wildman–Crippen LogP) is -9.26. The monoisotopic (exact) mass is 2020 g/mol. The molecule has 144 heavy (non-hydrogen) atoms. The van der Waals surface area contributed by atoms with Gasteiger partial charge < -0.3 is 195 Å². The molecule has 1 aliphatic rings. The number of carbonyl (C=O) groups excluding carboxylic acids is 12. The van der Waals surface area contributed by atoms with E-state index in [4.69, 9.17) is 122 Å². The van der Waals surface area contributed by atoms with Crippen LogP contribution in [-0.2, 0) is 58.3 Å². The Morgan fingerprint density at radius 2 is 0.479 bits per heavy atom. The van der Waals surface area contributed by atoms with E-state index >= 15 is 24.0 Å². The molecule has 12 amide bonds. The largest absolute Gasteiger partial charge is 0.508 e. The van der Waals surface area contributed by atoms with Crippen molar-refractivity contribution >= 4 is 130 Å². The zero-order valence-electron chi connectivity index (χ0n) is 80.3. The van der Waals surface area contributed by atoms with Gasteiger partial charge in [0.05, 0.1) is 0 Å². The average molecular weight is 2020 g/mol. The average Bonchev–Trinajstić information content (AvgIpc) is 0.718. The molecule has 10 atom stereocenters. The number of phenols is 2. The maximum atomic E-state index is 15.2. The van der Waals surface area contributed by atoms with Crippen molar-refractivity contribution in [3.8, 4) is 23.0 Å². The van der Waals surface area contributed by atoms with Gasteiger partial charge in [0.25, 0.3) is 5.91 Å². The molecule has 0 fully saturated rings. The van der Waals surface area contributed by atoms with Gasteiger partial charge in [-0.25, -0.2) is 0 Å². The molecule has 0 aliphatic carbocycles. The lowest BCUT2D eigenvalue weighted by atomic mass is 9.76. The molecule has 0 spiro atoms. The van der Waals surface area contributed by atoms with Gasteiger partial charge >= 0.3 is 0 Å². The summed E-state index contributed by atoms with van der Waals surface area (Å²) in [4.78, 5) is 175. The molecule has 3 aromatic rings. The maximum Gasteiger partial charge on any atom is 0.251 e. The van der Waals surface area contributed by atoms with Crippen LogP contribution in [-0.4, -0.2) is 278 Å². The van der Waals surface area contributed by atoms with Gasteiger partial charge in [0.15, 0.2) is 59.6 Å². The van der Waals surface area contributed by atoms with Crippen molar-refractivity contribution in [3.05, 3.63) is 82.9 Å². The van der Waals surface area contributed by atoms with Crippen molar-refractivity contribution in [1.82, 2.24) is 112 Å². The van der Waals surface area contributed by atoms with Crippen LogP contribution in [0.2, 0.25) is 0 Å². The third-order valence-corrected chi connectivity index (χ3v) is 22.1. The molecule has 58 nitrogen and oxygen atoms in total. The first-order valence-corrected chi connectivity index (χ1v) is 46.9. The third kappa shape index (κ3) is 46.0. The van der Waals surface area contributed by atoms with Crippen LogP contribution in [0.4, 0.5) is 0 Å². The SMILES string of the molecule is N=C(N)NCCC[C@@H](NC(=O)[C@@H](CCCNC(=N)N)NC(=O)[C@@H](CCCNC(=N)N)NC(=O)[C@@H](CCCNC(=N)N)NC(=O)[C@@H](CCCNC(=N)N)NC(=O)[C@@H](CCCNC(=N)N)NC(=O)[C@@H](CCCNC(=N)N)NC(=O)[C@@H](CCCNC(=N)N)NC(=O)[C@@H](CCCNC(=N)N)NC(=O)[C@@H](CCCNC(=N)N)NC(=O)CCCCCNC(=O)c1ccccc1C1(O)c2ccc(O)cc2Oc2cc(O)ccc21)C(N)=O. The number of nitrogens with one attached hydrogen (secondary N) is 31. The van der Waals surface area contributed by atoms with Crippen molar-refractivity contribution in [2.75, 3.05) is 72.0 Å². The van der Waals surface area contributed by atoms with Crippen LogP contribution in [0.25, 0.3) is 0 Å². The standard InChI is InChI=1S/C86H146N42O16/c87-65(132)52(18-6-34-109-76(88)89)120-68(135)54(20-8-36-111-78(92)93)122-70(137)56(22-10-38-113-80(96)97)124-72(139)58(24-12-40-115-82(100)101)126-74(141)60(26-14-42-117-84(104)105)128-75(142)61(27-15-43-118-85(106)107)127-73(140)59(25-13-41-116-83(102)103)125-71(138)57(23-11-39-114-81(98)99)123-69(136)55(21-9-37-112-79(94)95)121-67(134)53(19-7-35-110-77(90)91)119-64(131)28-2-1-5-33-108-66(133)48-16-3-4-17-49(48)86(143)50-31-29-46(129)44-62(50)144-63-45-47(130)30-32-51(63)86/h3-4,16-17,29-32,44-45,52-61,129-130,143H,1-2,5-15,18-28,33-43H2,(H2,87,132)(H,108,133)(H,119,131)(H,120,135)(H,121,134)(H,122,137)(H,123,136)(H,124,139)(H,125,138)(H,126,141)(H,127,140)(H,128,142)(H4,88,89,109)(H4,90,91,110)(H4,92,93,111)(H4,94,95,112)(H4,96,97,113)(H4,98,99,114)(H4,100,101,115)(H4,102,103,116)(H4,104,105,117)(H4,106,107,118)/t52-,53-,54-,55-,56-,57-,58-,59-,60-,61-/m1/s1. The first kappa shape index (κ1) is 120. The molecule has 56 N–H and O–H groups in total. The van der Waals surface area contributed by atoms with E-state index in [0.29, 0.717) is 12.8 Å². The molecule has 0 radical (unpaired) electrons. The van der Waals surface area contributed by atoms with Gasteiger partial charge in [-0.3, -0.25) is 112 Å². The number of amides is 12. The number of primary amides is 1. The summed E-state index contributed by atoms with van der Waals surface area (Å²) in [5.41, 5.74) is 60.1. The summed E-state index contributed by atoms with van der Waals surface area (Å²) in [5, 5.41) is 166. The Labute approximate surface area is 831 Å². The molecule has 796 valence electrons. The van der Waals surface area contributed by atoms with Gasteiger partial charge in [-0.1, -0.05) is 24.6 Å². The minimum absolute atomic E-state index is 0.0143. The Morgan fingerprint density at radius 3 is 0.715 bits per heavy atom. The summed E-state index contributed by atoms with van der Waals surface area (Å²) in [7, 11) is 0. The minimum atomic E-state index is -2.01. The van der Waals surface area contributed by atoms with Crippen LogP contribution in [0.3, 0.4) is 0 Å². The second-order valence-electron chi connectivity index (χ2n) is 33.7. The number of nitrogens with two attached hydrogens (primary N) is 11. The number of guanidine groups is 10. The molecule has 0 saturated heterocycles. The highest BCUT2D eigenvalue weighted by Gasteiger charge is 2.45. The number of phenolic OH excluding ortho intramolecular Hbond substituents is 2. The van der Waals surface area contributed by atoms with Gasteiger partial charge in [0.1, 0.15) is 89.0 Å². The van der Waals surface area contributed by atoms with E-state index in [2.05, 4.69) is 112 Å². The van der Waals surface area contributed by atoms with E-state index in [9.17, 15) is 48.9 Å². The molecular weight excluding hydrogens is 1880 g/mol. The van der Waals surface area contributed by atoms with Crippen LogP contribution in [0, 0.1) is 54.1 Å². The highest BCUT2D eigenvalue weighted by atomic mass is 16.5. The Morgan fingerprint density at radius 1 is 0.264 bits per heavy atom. The zero-order chi connectivity index (χ0) is 107. The van der Waals surface area contributed by atoms with Crippen molar-refractivity contribution in [3.63, 3.8) is 0 Å². The molecule has 1 heterocycles. The van der Waals surface area contributed by atoms with Gasteiger partial charge in [-0.15, -0.1) is 0 Å². The summed E-state index contributed by atoms with van der Waals surface area (Å²) in [6.07, 6.45) is -1.19. The van der Waals surface area contributed by atoms with Gasteiger partial charge in [-0.2, -0.15) is 0 Å². The lowest BCUT2D eigenvalue weighted by Crippen LogP contribution is -2.61. The van der Waals surface area contributed by atoms with E-state index in [1.54, 1.807) is 18.2 Å². The number of benzene rings is 3. The molecular formula is C86H146N42O16. The van der Waals surface area contributed by atoms with Gasteiger partial charge in [0.2, 0.25) is 65.0 Å². The highest BCUT2D eigenvalue weighted by Crippen LogP contribution is 2.52. The number of ether oxygens (including phenoxy) is 1. The van der Waals surface area contributed by atoms with Crippen molar-refractivity contribution < 1.29 is 77.6 Å². The smallest absolute Gasteiger partial charge is 0.251 e. The second-order valence-corrected chi connectivity index (χ2v) is 33.7. The molecule has 0 aromatic heterocycles. The number of hydrogen-bond donors (Lipinski definition) is 45. The fourth-order valence-corrected chi connectivity index (χ4v) is 14.9. The van der Waals surface area contributed by atoms with E-state index in [-0.39, 0.29) is 264 Å². The second kappa shape index (κ2) is 63.8. The number of aliphatic hydroxyl groups is 1. The van der Waals surface area contributed by atoms with Crippen LogP contribution in [0.5, 0.6) is 23.0 Å². The molecule has 4 rings (SSSR count). The lowest BCUT2D eigenvalue weighted by Gasteiger charge is -2.37. The summed E-state index contributed by atoms with van der Waals surface area (Å²) in [6.45, 7) is -0.139. The van der Waals surface area contributed by atoms with Gasteiger partial charge in [-0.05, 0) is 172 Å². The third-order valence-electron chi connectivity index (χ3n) is 22.1. The quantitative estimate of drug-likeness (QED) is 0.0142. The number of aromatic hydroxyl groups is 2. The normalized spacial score (nSPS) is 13.4. The Hall–Kier alpha value is -16.6. The summed E-state index contributed by atoms with van der Waals surface area (Å²) < 4.78 is 5.98. The summed E-state index contributed by atoms with van der Waals surface area (Å²) in [5.74, 6) is -15.7. The molecule has 1 aliphatic heterocycles. The Bertz CT molecular complexity index is 4860. The van der Waals surface area contributed by atoms with Crippen molar-refractivity contribution in [1.29, 1.82) is 54.1 Å². The Kier molecular flexibility index (Phi) is 53.1. The molecule has 0 unspecified atom stereocenters. The zero-order valence-corrected chi connectivity index (χ0v) is 80.3. The highest BCUT2D eigenvalue weighted by molar-refractivity contribution is 6.00. The first-order valence-electron chi connectivity index (χ1n) is 46.9. The van der Waals surface area contributed by atoms with E-state index in [1.807, 2.05) is 0 Å². The number of rotatable bonds is 68. The minimum Gasteiger partial charge on any atom is -0.508 e. The van der Waals surface area contributed by atoms with E-state index < -0.39 is 191 Å². The fraction of sp³-hybridized carbons (Fsp3) is 0.535. The summed E-state index contributed by atoms with van der Waals surface area (Å²) in [6, 6.07) is -0.983. The van der Waals surface area contributed by atoms with E-state index in [0.717, 1.165) is 0 Å². The first-order chi connectivity index (χ1) is 68.3. The Balaban J connectivity index is 1.70. The van der Waals surface area contributed by atoms with Crippen LogP contribution in [0.15, 0.2) is 60.7 Å². The number of carbonyl (C=O) groups is 12. The van der Waals surface area contributed by atoms with Crippen molar-refractivity contribution in [2.45, 2.75) is 220 Å². The molecule has 58 heteroatoms. The number of hydrogen-bond acceptors (Lipinski definition) is 26. The number of unbranched alkanes of at least 4 members (excludes halogenated alkanes) is 2. The topological polar surface area (TPSA) is 1050 Å².